The summed E-state index contributed by atoms with van der Waals surface area (Å²) in [5.41, 5.74) is 0.697. The van der Waals surface area contributed by atoms with Crippen LogP contribution < -0.4 is 15.0 Å². The van der Waals surface area contributed by atoms with E-state index in [-0.39, 0.29) is 28.7 Å². The molecule has 5 heterocycles. The van der Waals surface area contributed by atoms with Crippen LogP contribution in [0.3, 0.4) is 0 Å². The van der Waals surface area contributed by atoms with Gasteiger partial charge in [-0.1, -0.05) is 12.0 Å². The van der Waals surface area contributed by atoms with Gasteiger partial charge in [0.25, 0.3) is 0 Å². The molecule has 2 aromatic carbocycles. The first-order valence-corrected chi connectivity index (χ1v) is 13.1. The van der Waals surface area contributed by atoms with Gasteiger partial charge in [-0.3, -0.25) is 4.98 Å². The van der Waals surface area contributed by atoms with Gasteiger partial charge >= 0.3 is 0 Å². The number of hydrogen-bond donors (Lipinski definition) is 2. The van der Waals surface area contributed by atoms with Crippen molar-refractivity contribution in [1.29, 1.82) is 0 Å². The van der Waals surface area contributed by atoms with Crippen molar-refractivity contribution in [2.75, 3.05) is 31.2 Å². The minimum atomic E-state index is -0.611. The molecule has 9 heteroatoms. The van der Waals surface area contributed by atoms with Gasteiger partial charge in [0.15, 0.2) is 5.82 Å². The Morgan fingerprint density at radius 2 is 1.92 bits per heavy atom. The molecule has 3 fully saturated rings. The molecule has 198 valence electrons. The Morgan fingerprint density at radius 3 is 2.62 bits per heavy atom. The third kappa shape index (κ3) is 3.86. The number of phenolic OH excluding ortho intramolecular Hbond substituents is 1. The Kier molecular flexibility index (Phi) is 5.58. The largest absolute Gasteiger partial charge is 0.508 e. The van der Waals surface area contributed by atoms with Crippen molar-refractivity contribution in [3.63, 3.8) is 0 Å². The van der Waals surface area contributed by atoms with E-state index in [9.17, 15) is 9.50 Å². The first-order valence-electron chi connectivity index (χ1n) is 13.1. The lowest BCUT2D eigenvalue weighted by molar-refractivity contribution is -0.0814. The van der Waals surface area contributed by atoms with Gasteiger partial charge in [-0.15, -0.1) is 6.42 Å². The molecule has 7 nitrogen and oxygen atoms in total. The zero-order valence-electron chi connectivity index (χ0n) is 21.3. The van der Waals surface area contributed by atoms with Crippen LogP contribution in [-0.2, 0) is 4.74 Å². The molecule has 4 aromatic rings. The molecule has 2 unspecified atom stereocenters. The van der Waals surface area contributed by atoms with E-state index in [1.54, 1.807) is 13.1 Å². The van der Waals surface area contributed by atoms with Crippen molar-refractivity contribution in [3.05, 3.63) is 53.2 Å². The molecule has 0 spiro atoms. The fourth-order valence-corrected chi connectivity index (χ4v) is 6.08. The third-order valence-corrected chi connectivity index (χ3v) is 8.02. The number of hydrogen-bond acceptors (Lipinski definition) is 7. The summed E-state index contributed by atoms with van der Waals surface area (Å²) in [6.45, 7) is 4.17. The highest BCUT2D eigenvalue weighted by Crippen LogP contribution is 2.41. The molecule has 39 heavy (non-hydrogen) atoms. The summed E-state index contributed by atoms with van der Waals surface area (Å²) >= 11 is 0. The number of anilines is 1. The second kappa shape index (κ2) is 9.04. The van der Waals surface area contributed by atoms with Crippen molar-refractivity contribution in [1.82, 2.24) is 15.3 Å². The summed E-state index contributed by atoms with van der Waals surface area (Å²) < 4.78 is 42.8. The van der Waals surface area contributed by atoms with Crippen LogP contribution in [0.4, 0.5) is 14.6 Å². The quantitative estimate of drug-likeness (QED) is 0.379. The second-order valence-electron chi connectivity index (χ2n) is 10.6. The Bertz CT molecular complexity index is 1690. The van der Waals surface area contributed by atoms with Gasteiger partial charge in [0.05, 0.1) is 18.8 Å². The van der Waals surface area contributed by atoms with Crippen molar-refractivity contribution < 1.29 is 23.4 Å². The summed E-state index contributed by atoms with van der Waals surface area (Å²) in [6, 6.07) is 6.27. The van der Waals surface area contributed by atoms with Crippen LogP contribution in [0, 0.1) is 30.9 Å². The summed E-state index contributed by atoms with van der Waals surface area (Å²) in [5, 5.41) is 15.8. The van der Waals surface area contributed by atoms with Crippen LogP contribution in [0.2, 0.25) is 0 Å². The van der Waals surface area contributed by atoms with E-state index >= 15 is 4.39 Å². The van der Waals surface area contributed by atoms with E-state index in [0.29, 0.717) is 64.1 Å². The Hall–Kier alpha value is -4.00. The summed E-state index contributed by atoms with van der Waals surface area (Å²) in [6.07, 6.45) is 9.28. The van der Waals surface area contributed by atoms with Crippen LogP contribution in [0.25, 0.3) is 32.8 Å². The Balaban J connectivity index is 1.48. The minimum absolute atomic E-state index is 0.0127. The molecular formula is C30H26F2N4O3. The Morgan fingerprint density at radius 1 is 1.15 bits per heavy atom. The maximum absolute atomic E-state index is 16.7. The number of piperazine rings is 1. The number of terminal acetylenes is 1. The van der Waals surface area contributed by atoms with E-state index in [4.69, 9.17) is 20.9 Å². The first-order chi connectivity index (χ1) is 18.9. The number of phenols is 1. The number of aromatic nitrogens is 2. The zero-order chi connectivity index (χ0) is 26.8. The normalized spacial score (nSPS) is 20.8. The highest BCUT2D eigenvalue weighted by Gasteiger charge is 2.35. The topological polar surface area (TPSA) is 79.7 Å². The van der Waals surface area contributed by atoms with Crippen molar-refractivity contribution >= 4 is 27.4 Å². The van der Waals surface area contributed by atoms with Gasteiger partial charge in [-0.25, -0.2) is 8.78 Å². The Labute approximate surface area is 223 Å². The molecule has 0 radical (unpaired) electrons. The standard InChI is InChI=1S/C30H26F2N4O3/c1-3-21-24(31)7-4-16-8-19(37)9-22(26(16)21)28-27(32)25-15(2)30(39-20-13-38-14-20)35-29(23(25)10-33-28)36-11-17-5-6-18(12-36)34-17/h1,4,7-10,17-18,20,34,37H,5-6,11-14H2,2H3. The summed E-state index contributed by atoms with van der Waals surface area (Å²) in [4.78, 5) is 11.6. The van der Waals surface area contributed by atoms with E-state index in [0.717, 1.165) is 25.9 Å². The number of fused-ring (bicyclic) bond motifs is 4. The van der Waals surface area contributed by atoms with Crippen LogP contribution in [0.15, 0.2) is 30.5 Å². The van der Waals surface area contributed by atoms with Crippen LogP contribution in [0.1, 0.15) is 24.0 Å². The summed E-state index contributed by atoms with van der Waals surface area (Å²) in [7, 11) is 0. The first kappa shape index (κ1) is 24.1. The number of rotatable bonds is 4. The van der Waals surface area contributed by atoms with Gasteiger partial charge < -0.3 is 24.8 Å². The van der Waals surface area contributed by atoms with E-state index < -0.39 is 11.6 Å². The van der Waals surface area contributed by atoms with Crippen LogP contribution >= 0.6 is 0 Å². The molecule has 2 atom stereocenters. The molecule has 0 saturated carbocycles. The molecule has 3 aliphatic heterocycles. The lowest BCUT2D eigenvalue weighted by atomic mass is 9.95. The highest BCUT2D eigenvalue weighted by molar-refractivity contribution is 6.04. The third-order valence-electron chi connectivity index (χ3n) is 8.02. The molecule has 3 aliphatic rings. The number of nitrogens with zero attached hydrogens (tertiary/aromatic N) is 3. The fraction of sp³-hybridized carbons (Fsp3) is 0.333. The number of nitrogens with one attached hydrogen (secondary N) is 1. The minimum Gasteiger partial charge on any atom is -0.508 e. The van der Waals surface area contributed by atoms with Crippen molar-refractivity contribution in [3.8, 4) is 35.2 Å². The van der Waals surface area contributed by atoms with E-state index in [1.165, 1.54) is 24.3 Å². The van der Waals surface area contributed by atoms with Gasteiger partial charge in [0, 0.05) is 58.7 Å². The molecule has 0 aliphatic carbocycles. The number of pyridine rings is 2. The maximum Gasteiger partial charge on any atom is 0.219 e. The summed E-state index contributed by atoms with van der Waals surface area (Å²) in [5.74, 6) is 2.04. The average Bonchev–Trinajstić information content (AvgIpc) is 3.24. The highest BCUT2D eigenvalue weighted by atomic mass is 19.1. The smallest absolute Gasteiger partial charge is 0.219 e. The van der Waals surface area contributed by atoms with Crippen LogP contribution in [0.5, 0.6) is 11.6 Å². The molecule has 7 rings (SSSR count). The SMILES string of the molecule is C#Cc1c(F)ccc2cc(O)cc(-c3ncc4c(N5CC6CCC(C5)N6)nc(OC5COC5)c(C)c4c3F)c12. The monoisotopic (exact) mass is 528 g/mol. The number of aromatic hydroxyl groups is 1. The lowest BCUT2D eigenvalue weighted by Gasteiger charge is -2.35. The average molecular weight is 529 g/mol. The van der Waals surface area contributed by atoms with Gasteiger partial charge in [0.2, 0.25) is 5.88 Å². The number of halogens is 2. The van der Waals surface area contributed by atoms with Gasteiger partial charge in [-0.2, -0.15) is 4.98 Å². The lowest BCUT2D eigenvalue weighted by Crippen LogP contribution is -2.51. The molecule has 2 bridgehead atoms. The van der Waals surface area contributed by atoms with E-state index in [1.807, 2.05) is 0 Å². The maximum atomic E-state index is 16.7. The molecule has 3 saturated heterocycles. The predicted molar refractivity (Wildman–Crippen MR) is 144 cm³/mol. The molecule has 0 amide bonds. The van der Waals surface area contributed by atoms with E-state index in [2.05, 4.69) is 21.1 Å². The van der Waals surface area contributed by atoms with Crippen molar-refractivity contribution in [2.45, 2.75) is 38.0 Å². The molecule has 2 aromatic heterocycles. The van der Waals surface area contributed by atoms with Crippen LogP contribution in [-0.4, -0.2) is 59.6 Å². The number of ether oxygens (including phenoxy) is 2. The van der Waals surface area contributed by atoms with Crippen molar-refractivity contribution in [2.24, 2.45) is 0 Å². The number of aryl methyl sites for hydroxylation is 1. The predicted octanol–water partition coefficient (Wildman–Crippen LogP) is 4.44. The number of benzene rings is 2. The second-order valence-corrected chi connectivity index (χ2v) is 10.6. The fourth-order valence-electron chi connectivity index (χ4n) is 6.08. The van der Waals surface area contributed by atoms with Gasteiger partial charge in [0.1, 0.15) is 29.2 Å². The van der Waals surface area contributed by atoms with Gasteiger partial charge in [-0.05, 0) is 43.4 Å². The molecule has 2 N–H and O–H groups in total. The molecular weight excluding hydrogens is 502 g/mol. The zero-order valence-corrected chi connectivity index (χ0v) is 21.3.